The molecule has 1 amide bonds. The summed E-state index contributed by atoms with van der Waals surface area (Å²) in [6, 6.07) is 1.94. The Morgan fingerprint density at radius 3 is 2.50 bits per heavy atom. The summed E-state index contributed by atoms with van der Waals surface area (Å²) in [4.78, 5) is 14.8. The summed E-state index contributed by atoms with van der Waals surface area (Å²) >= 11 is 0. The number of pyridine rings is 1. The fourth-order valence-electron chi connectivity index (χ4n) is 1.21. The first-order valence-electron chi connectivity index (χ1n) is 4.69. The van der Waals surface area contributed by atoms with Crippen molar-refractivity contribution in [3.63, 3.8) is 0 Å². The summed E-state index contributed by atoms with van der Waals surface area (Å²) < 4.78 is 36.9. The number of amides is 1. The van der Waals surface area contributed by atoms with E-state index in [-0.39, 0.29) is 11.3 Å². The van der Waals surface area contributed by atoms with E-state index < -0.39 is 17.8 Å². The second kappa shape index (κ2) is 4.51. The molecular formula is C10H11F3N2O. The summed E-state index contributed by atoms with van der Waals surface area (Å²) in [6.07, 6.45) is -4.48. The first kappa shape index (κ1) is 12.5. The van der Waals surface area contributed by atoms with Gasteiger partial charge in [-0.3, -0.25) is 4.79 Å². The van der Waals surface area contributed by atoms with Gasteiger partial charge in [-0.2, -0.15) is 13.2 Å². The lowest BCUT2D eigenvalue weighted by molar-refractivity contribution is -0.141. The molecule has 0 saturated heterocycles. The van der Waals surface area contributed by atoms with Crippen LogP contribution in [0.5, 0.6) is 0 Å². The normalized spacial score (nSPS) is 11.3. The monoisotopic (exact) mass is 232 g/mol. The maximum Gasteiger partial charge on any atom is 0.433 e. The van der Waals surface area contributed by atoms with E-state index in [1.54, 1.807) is 6.92 Å². The van der Waals surface area contributed by atoms with Crippen LogP contribution >= 0.6 is 0 Å². The number of halogens is 3. The molecule has 6 heteroatoms. The van der Waals surface area contributed by atoms with E-state index in [9.17, 15) is 18.0 Å². The van der Waals surface area contributed by atoms with Crippen molar-refractivity contribution in [3.05, 3.63) is 29.1 Å². The van der Waals surface area contributed by atoms with Crippen molar-refractivity contribution in [2.45, 2.75) is 20.0 Å². The molecule has 16 heavy (non-hydrogen) atoms. The summed E-state index contributed by atoms with van der Waals surface area (Å²) in [5.74, 6) is -0.416. The number of carbonyl (C=O) groups is 1. The lowest BCUT2D eigenvalue weighted by Crippen LogP contribution is -2.24. The highest BCUT2D eigenvalue weighted by Crippen LogP contribution is 2.28. The Kier molecular flexibility index (Phi) is 3.51. The van der Waals surface area contributed by atoms with Gasteiger partial charge >= 0.3 is 6.18 Å². The zero-order chi connectivity index (χ0) is 12.3. The Balaban J connectivity index is 3.05. The Labute approximate surface area is 90.7 Å². The van der Waals surface area contributed by atoms with Crippen LogP contribution in [0.1, 0.15) is 28.7 Å². The minimum atomic E-state index is -4.48. The second-order valence-corrected chi connectivity index (χ2v) is 3.19. The van der Waals surface area contributed by atoms with Crippen LogP contribution in [0.2, 0.25) is 0 Å². The third kappa shape index (κ3) is 2.71. The van der Waals surface area contributed by atoms with Gasteiger partial charge in [-0.15, -0.1) is 0 Å². The highest BCUT2D eigenvalue weighted by molar-refractivity contribution is 5.95. The molecule has 0 aliphatic carbocycles. The predicted molar refractivity (Wildman–Crippen MR) is 52.0 cm³/mol. The fraction of sp³-hybridized carbons (Fsp3) is 0.400. The number of nitrogens with one attached hydrogen (secondary N) is 1. The first-order chi connectivity index (χ1) is 7.36. The van der Waals surface area contributed by atoms with Crippen LogP contribution < -0.4 is 5.32 Å². The second-order valence-electron chi connectivity index (χ2n) is 3.19. The molecule has 0 atom stereocenters. The third-order valence-corrected chi connectivity index (χ3v) is 1.96. The van der Waals surface area contributed by atoms with E-state index in [4.69, 9.17) is 0 Å². The van der Waals surface area contributed by atoms with Gasteiger partial charge in [0.1, 0.15) is 5.69 Å². The van der Waals surface area contributed by atoms with E-state index in [0.29, 0.717) is 6.54 Å². The van der Waals surface area contributed by atoms with E-state index >= 15 is 0 Å². The van der Waals surface area contributed by atoms with Gasteiger partial charge < -0.3 is 5.32 Å². The highest BCUT2D eigenvalue weighted by atomic mass is 19.4. The van der Waals surface area contributed by atoms with Crippen LogP contribution in [-0.2, 0) is 6.18 Å². The Bertz CT molecular complexity index is 402. The number of hydrogen-bond donors (Lipinski definition) is 1. The lowest BCUT2D eigenvalue weighted by atomic mass is 10.1. The Morgan fingerprint density at radius 2 is 2.06 bits per heavy atom. The number of carbonyl (C=O) groups excluding carboxylic acids is 1. The molecule has 0 aromatic carbocycles. The van der Waals surface area contributed by atoms with Crippen molar-refractivity contribution in [3.8, 4) is 0 Å². The van der Waals surface area contributed by atoms with Gasteiger partial charge in [0, 0.05) is 6.54 Å². The molecule has 0 spiro atoms. The van der Waals surface area contributed by atoms with Crippen molar-refractivity contribution in [2.75, 3.05) is 6.54 Å². The van der Waals surface area contributed by atoms with Gasteiger partial charge in [0.25, 0.3) is 5.91 Å². The molecule has 0 radical (unpaired) electrons. The minimum Gasteiger partial charge on any atom is -0.352 e. The van der Waals surface area contributed by atoms with Gasteiger partial charge in [-0.1, -0.05) is 0 Å². The van der Waals surface area contributed by atoms with E-state index in [2.05, 4.69) is 10.3 Å². The van der Waals surface area contributed by atoms with Crippen LogP contribution in [0.4, 0.5) is 13.2 Å². The third-order valence-electron chi connectivity index (χ3n) is 1.96. The molecule has 1 heterocycles. The summed E-state index contributed by atoms with van der Waals surface area (Å²) in [6.45, 7) is 3.52. The van der Waals surface area contributed by atoms with Gasteiger partial charge in [0.15, 0.2) is 0 Å². The molecule has 0 saturated carbocycles. The molecule has 1 N–H and O–H groups in total. The maximum atomic E-state index is 12.3. The predicted octanol–water partition coefficient (Wildman–Crippen LogP) is 2.16. The number of rotatable bonds is 2. The van der Waals surface area contributed by atoms with Crippen molar-refractivity contribution in [1.29, 1.82) is 0 Å². The quantitative estimate of drug-likeness (QED) is 0.848. The first-order valence-corrected chi connectivity index (χ1v) is 4.69. The van der Waals surface area contributed by atoms with Crippen LogP contribution in [0.3, 0.4) is 0 Å². The molecular weight excluding hydrogens is 221 g/mol. The molecule has 0 aliphatic rings. The number of nitrogens with zero attached hydrogens (tertiary/aromatic N) is 1. The number of aromatic nitrogens is 1. The molecule has 1 aromatic rings. The average molecular weight is 232 g/mol. The maximum absolute atomic E-state index is 12.3. The van der Waals surface area contributed by atoms with E-state index in [1.165, 1.54) is 6.92 Å². The largest absolute Gasteiger partial charge is 0.433 e. The van der Waals surface area contributed by atoms with Crippen LogP contribution in [-0.4, -0.2) is 17.4 Å². The molecule has 0 aliphatic heterocycles. The summed E-state index contributed by atoms with van der Waals surface area (Å²) in [5, 5.41) is 2.50. The molecule has 0 unspecified atom stereocenters. The molecule has 3 nitrogen and oxygen atoms in total. The van der Waals surface area contributed by atoms with Crippen molar-refractivity contribution in [2.24, 2.45) is 0 Å². The lowest BCUT2D eigenvalue weighted by Gasteiger charge is -2.09. The van der Waals surface area contributed by atoms with Crippen molar-refractivity contribution in [1.82, 2.24) is 10.3 Å². The zero-order valence-electron chi connectivity index (χ0n) is 8.85. The molecule has 1 aromatic heterocycles. The SMILES string of the molecule is CCNC(=O)c1ccc(C(F)(F)F)nc1C. The van der Waals surface area contributed by atoms with Gasteiger partial charge in [0.2, 0.25) is 0 Å². The van der Waals surface area contributed by atoms with Crippen LogP contribution in [0, 0.1) is 6.92 Å². The van der Waals surface area contributed by atoms with E-state index in [1.807, 2.05) is 0 Å². The smallest absolute Gasteiger partial charge is 0.352 e. The zero-order valence-corrected chi connectivity index (χ0v) is 8.85. The summed E-state index contributed by atoms with van der Waals surface area (Å²) in [5.41, 5.74) is -0.756. The van der Waals surface area contributed by atoms with Crippen LogP contribution in [0.15, 0.2) is 12.1 Å². The van der Waals surface area contributed by atoms with Gasteiger partial charge in [0.05, 0.1) is 11.3 Å². The van der Waals surface area contributed by atoms with Gasteiger partial charge in [-0.25, -0.2) is 4.98 Å². The van der Waals surface area contributed by atoms with Crippen molar-refractivity contribution < 1.29 is 18.0 Å². The Morgan fingerprint density at radius 1 is 1.44 bits per heavy atom. The molecule has 0 bridgehead atoms. The minimum absolute atomic E-state index is 0.0702. The highest BCUT2D eigenvalue weighted by Gasteiger charge is 2.32. The van der Waals surface area contributed by atoms with E-state index in [0.717, 1.165) is 12.1 Å². The van der Waals surface area contributed by atoms with Gasteiger partial charge in [-0.05, 0) is 26.0 Å². The van der Waals surface area contributed by atoms with Crippen molar-refractivity contribution >= 4 is 5.91 Å². The molecule has 0 fully saturated rings. The molecule has 88 valence electrons. The van der Waals surface area contributed by atoms with Crippen LogP contribution in [0.25, 0.3) is 0 Å². The number of aryl methyl sites for hydroxylation is 1. The molecule has 1 rings (SSSR count). The fourth-order valence-corrected chi connectivity index (χ4v) is 1.21. The summed E-state index contributed by atoms with van der Waals surface area (Å²) in [7, 11) is 0. The standard InChI is InChI=1S/C10H11F3N2O/c1-3-14-9(16)7-4-5-8(10(11,12)13)15-6(7)2/h4-5H,3H2,1-2H3,(H,14,16). The number of hydrogen-bond acceptors (Lipinski definition) is 2. The topological polar surface area (TPSA) is 42.0 Å². The average Bonchev–Trinajstić information content (AvgIpc) is 2.16. The number of alkyl halides is 3. The Hall–Kier alpha value is -1.59.